The monoisotopic (exact) mass is 232 g/mol. The summed E-state index contributed by atoms with van der Waals surface area (Å²) in [5, 5.41) is 0. The molecular formula is C13H16N2O2. The van der Waals surface area contributed by atoms with Crippen molar-refractivity contribution >= 4 is 0 Å². The lowest BCUT2D eigenvalue weighted by Crippen LogP contribution is -1.97. The Kier molecular flexibility index (Phi) is 3.44. The van der Waals surface area contributed by atoms with Gasteiger partial charge in [-0.25, -0.2) is 0 Å². The number of aromatic nitrogens is 1. The number of furan rings is 1. The fraction of sp³-hybridized carbons (Fsp3) is 0.308. The molecule has 4 heteroatoms. The first-order valence-corrected chi connectivity index (χ1v) is 5.53. The van der Waals surface area contributed by atoms with Gasteiger partial charge in [-0.3, -0.25) is 4.98 Å². The predicted molar refractivity (Wildman–Crippen MR) is 64.6 cm³/mol. The molecule has 2 heterocycles. The highest BCUT2D eigenvalue weighted by Crippen LogP contribution is 2.18. The van der Waals surface area contributed by atoms with Gasteiger partial charge in [0.05, 0.1) is 12.2 Å². The summed E-state index contributed by atoms with van der Waals surface area (Å²) in [6.07, 6.45) is 1.74. The van der Waals surface area contributed by atoms with E-state index in [0.717, 1.165) is 28.5 Å². The first-order valence-electron chi connectivity index (χ1n) is 5.53. The van der Waals surface area contributed by atoms with Crippen LogP contribution in [0.5, 0.6) is 5.75 Å². The number of nitrogens with two attached hydrogens (primary N) is 1. The quantitative estimate of drug-likeness (QED) is 0.878. The summed E-state index contributed by atoms with van der Waals surface area (Å²) in [5.41, 5.74) is 7.48. The molecule has 2 N–H and O–H groups in total. The average molecular weight is 232 g/mol. The third-order valence-corrected chi connectivity index (χ3v) is 2.59. The number of hydrogen-bond acceptors (Lipinski definition) is 4. The van der Waals surface area contributed by atoms with Gasteiger partial charge >= 0.3 is 0 Å². The largest absolute Gasteiger partial charge is 0.484 e. The van der Waals surface area contributed by atoms with E-state index in [4.69, 9.17) is 14.9 Å². The lowest BCUT2D eigenvalue weighted by atomic mass is 10.2. The van der Waals surface area contributed by atoms with Crippen LogP contribution in [-0.2, 0) is 13.2 Å². The zero-order valence-electron chi connectivity index (χ0n) is 10.1. The Morgan fingerprint density at radius 1 is 1.41 bits per heavy atom. The summed E-state index contributed by atoms with van der Waals surface area (Å²) in [6.45, 7) is 4.70. The molecule has 0 aliphatic rings. The molecular weight excluding hydrogens is 216 g/mol. The third-order valence-electron chi connectivity index (χ3n) is 2.59. The molecule has 2 aromatic rings. The van der Waals surface area contributed by atoms with Crippen molar-refractivity contribution in [2.24, 2.45) is 5.73 Å². The first kappa shape index (κ1) is 11.7. The highest BCUT2D eigenvalue weighted by Gasteiger charge is 2.07. The minimum absolute atomic E-state index is 0.396. The molecule has 0 fully saturated rings. The van der Waals surface area contributed by atoms with E-state index in [1.54, 1.807) is 6.20 Å². The second-order valence-corrected chi connectivity index (χ2v) is 3.90. The van der Waals surface area contributed by atoms with Crippen LogP contribution in [0.1, 0.15) is 22.8 Å². The maximum absolute atomic E-state index is 5.64. The van der Waals surface area contributed by atoms with E-state index in [9.17, 15) is 0 Å². The van der Waals surface area contributed by atoms with E-state index in [0.29, 0.717) is 13.2 Å². The van der Waals surface area contributed by atoms with E-state index < -0.39 is 0 Å². The van der Waals surface area contributed by atoms with Crippen LogP contribution in [0, 0.1) is 13.8 Å². The molecule has 0 unspecified atom stereocenters. The standard InChI is InChI=1S/C13H16N2O2/c1-9-6-11(17-13(9)7-14)8-16-12-4-3-5-15-10(12)2/h3-6H,7-8,14H2,1-2H3. The zero-order chi connectivity index (χ0) is 12.3. The van der Waals surface area contributed by atoms with Crippen molar-refractivity contribution in [3.63, 3.8) is 0 Å². The summed E-state index contributed by atoms with van der Waals surface area (Å²) in [6, 6.07) is 5.69. The average Bonchev–Trinajstić information content (AvgIpc) is 2.69. The summed E-state index contributed by atoms with van der Waals surface area (Å²) in [7, 11) is 0. The lowest BCUT2D eigenvalue weighted by molar-refractivity contribution is 0.263. The highest BCUT2D eigenvalue weighted by molar-refractivity contribution is 5.26. The van der Waals surface area contributed by atoms with Gasteiger partial charge in [0.1, 0.15) is 23.9 Å². The Hall–Kier alpha value is -1.81. The summed E-state index contributed by atoms with van der Waals surface area (Å²) >= 11 is 0. The fourth-order valence-corrected chi connectivity index (χ4v) is 1.63. The molecule has 4 nitrogen and oxygen atoms in total. The zero-order valence-corrected chi connectivity index (χ0v) is 10.1. The van der Waals surface area contributed by atoms with Crippen molar-refractivity contribution < 1.29 is 9.15 Å². The maximum atomic E-state index is 5.64. The molecule has 0 aliphatic carbocycles. The molecule has 0 bridgehead atoms. The Bertz CT molecular complexity index is 506. The molecule has 0 radical (unpaired) electrons. The van der Waals surface area contributed by atoms with Gasteiger partial charge in [0.2, 0.25) is 0 Å². The van der Waals surface area contributed by atoms with E-state index in [1.807, 2.05) is 32.0 Å². The molecule has 0 saturated heterocycles. The van der Waals surface area contributed by atoms with Crippen molar-refractivity contribution in [1.29, 1.82) is 0 Å². The van der Waals surface area contributed by atoms with Gasteiger partial charge < -0.3 is 14.9 Å². The second kappa shape index (κ2) is 5.01. The van der Waals surface area contributed by atoms with Crippen molar-refractivity contribution in [3.8, 4) is 5.75 Å². The molecule has 0 amide bonds. The lowest BCUT2D eigenvalue weighted by Gasteiger charge is -2.05. The normalized spacial score (nSPS) is 10.5. The molecule has 0 spiro atoms. The van der Waals surface area contributed by atoms with Crippen LogP contribution in [0.3, 0.4) is 0 Å². The molecule has 2 aromatic heterocycles. The fourth-order valence-electron chi connectivity index (χ4n) is 1.63. The molecule has 0 saturated carbocycles. The molecule has 0 aromatic carbocycles. The van der Waals surface area contributed by atoms with Gasteiger partial charge in [0, 0.05) is 6.20 Å². The van der Waals surface area contributed by atoms with Crippen LogP contribution in [-0.4, -0.2) is 4.98 Å². The van der Waals surface area contributed by atoms with Gasteiger partial charge in [0.15, 0.2) is 0 Å². The van der Waals surface area contributed by atoms with Gasteiger partial charge in [-0.1, -0.05) is 0 Å². The number of ether oxygens (including phenoxy) is 1. The first-order chi connectivity index (χ1) is 8.20. The van der Waals surface area contributed by atoms with Gasteiger partial charge in [-0.2, -0.15) is 0 Å². The SMILES string of the molecule is Cc1cc(COc2cccnc2C)oc1CN. The van der Waals surface area contributed by atoms with Gasteiger partial charge in [0.25, 0.3) is 0 Å². The summed E-state index contributed by atoms with van der Waals surface area (Å²) < 4.78 is 11.2. The van der Waals surface area contributed by atoms with Crippen LogP contribution in [0.15, 0.2) is 28.8 Å². The number of pyridine rings is 1. The summed E-state index contributed by atoms with van der Waals surface area (Å²) in [5.74, 6) is 2.37. The molecule has 90 valence electrons. The van der Waals surface area contributed by atoms with Crippen molar-refractivity contribution in [1.82, 2.24) is 4.98 Å². The minimum Gasteiger partial charge on any atom is -0.484 e. The Morgan fingerprint density at radius 3 is 2.88 bits per heavy atom. The van der Waals surface area contributed by atoms with Crippen LogP contribution < -0.4 is 10.5 Å². The number of nitrogens with zero attached hydrogens (tertiary/aromatic N) is 1. The second-order valence-electron chi connectivity index (χ2n) is 3.90. The number of rotatable bonds is 4. The minimum atomic E-state index is 0.396. The van der Waals surface area contributed by atoms with Crippen LogP contribution >= 0.6 is 0 Å². The molecule has 0 atom stereocenters. The third kappa shape index (κ3) is 2.65. The summed E-state index contributed by atoms with van der Waals surface area (Å²) in [4.78, 5) is 4.15. The Labute approximate surface area is 100 Å². The number of aryl methyl sites for hydroxylation is 2. The Balaban J connectivity index is 2.05. The van der Waals surface area contributed by atoms with Crippen LogP contribution in [0.2, 0.25) is 0 Å². The van der Waals surface area contributed by atoms with Crippen LogP contribution in [0.25, 0.3) is 0 Å². The smallest absolute Gasteiger partial charge is 0.146 e. The van der Waals surface area contributed by atoms with E-state index in [-0.39, 0.29) is 0 Å². The van der Waals surface area contributed by atoms with E-state index in [1.165, 1.54) is 0 Å². The van der Waals surface area contributed by atoms with Crippen molar-refractivity contribution in [2.75, 3.05) is 0 Å². The van der Waals surface area contributed by atoms with E-state index in [2.05, 4.69) is 4.98 Å². The van der Waals surface area contributed by atoms with Crippen molar-refractivity contribution in [3.05, 3.63) is 47.2 Å². The molecule has 0 aliphatic heterocycles. The number of hydrogen-bond donors (Lipinski definition) is 1. The molecule has 17 heavy (non-hydrogen) atoms. The van der Waals surface area contributed by atoms with Crippen molar-refractivity contribution in [2.45, 2.75) is 27.0 Å². The topological polar surface area (TPSA) is 61.3 Å². The van der Waals surface area contributed by atoms with E-state index >= 15 is 0 Å². The predicted octanol–water partition coefficient (Wildman–Crippen LogP) is 2.33. The van der Waals surface area contributed by atoms with Crippen LogP contribution in [0.4, 0.5) is 0 Å². The van der Waals surface area contributed by atoms with Gasteiger partial charge in [-0.05, 0) is 37.6 Å². The highest BCUT2D eigenvalue weighted by atomic mass is 16.5. The maximum Gasteiger partial charge on any atom is 0.146 e. The van der Waals surface area contributed by atoms with Gasteiger partial charge in [-0.15, -0.1) is 0 Å². The molecule has 2 rings (SSSR count). The Morgan fingerprint density at radius 2 is 2.24 bits per heavy atom.